The first-order valence-electron chi connectivity index (χ1n) is 17.8. The molecule has 6 nitrogen and oxygen atoms in total. The summed E-state index contributed by atoms with van der Waals surface area (Å²) in [6.07, 6.45) is 8.26. The summed E-state index contributed by atoms with van der Waals surface area (Å²) in [5.74, 6) is -0.399. The molecule has 284 valence electrons. The summed E-state index contributed by atoms with van der Waals surface area (Å²) in [6, 6.07) is 34.5. The van der Waals surface area contributed by atoms with Gasteiger partial charge in [0.05, 0.1) is 35.4 Å². The summed E-state index contributed by atoms with van der Waals surface area (Å²) in [5.41, 5.74) is 14.5. The molecular weight excluding hydrogens is 1120 g/mol. The van der Waals surface area contributed by atoms with Crippen molar-refractivity contribution >= 4 is 148 Å². The van der Waals surface area contributed by atoms with Gasteiger partial charge < -0.3 is 14.7 Å². The maximum atomic E-state index is 12.5. The van der Waals surface area contributed by atoms with Crippen LogP contribution in [-0.4, -0.2) is 33.0 Å². The van der Waals surface area contributed by atoms with Gasteiger partial charge >= 0.3 is 5.97 Å². The zero-order valence-electron chi connectivity index (χ0n) is 30.1. The summed E-state index contributed by atoms with van der Waals surface area (Å²) in [7, 11) is 1.38. The normalized spacial score (nSPS) is 12.0. The van der Waals surface area contributed by atoms with Crippen LogP contribution >= 0.6 is 95.6 Å². The molecule has 9 rings (SSSR count). The fourth-order valence-electron chi connectivity index (χ4n) is 7.41. The van der Waals surface area contributed by atoms with Crippen LogP contribution in [0.1, 0.15) is 33.1 Å². The molecule has 8 bridgehead atoms. The van der Waals surface area contributed by atoms with Crippen LogP contribution in [-0.2, 0) is 4.74 Å². The fourth-order valence-corrected chi connectivity index (χ4v) is 11.3. The van der Waals surface area contributed by atoms with Crippen molar-refractivity contribution in [3.8, 4) is 44.5 Å². The number of H-pyrrole nitrogens is 2. The molecule has 5 heterocycles. The van der Waals surface area contributed by atoms with Gasteiger partial charge in [-0.05, 0) is 138 Å². The monoisotopic (exact) mass is 1140 g/mol. The number of nitrogens with one attached hydrogen (secondary N) is 2. The number of hydrogen-bond acceptors (Lipinski definition) is 4. The third kappa shape index (κ3) is 7.71. The molecule has 0 aliphatic carbocycles. The van der Waals surface area contributed by atoms with Crippen molar-refractivity contribution in [1.82, 2.24) is 19.9 Å². The Kier molecular flexibility index (Phi) is 10.9. The van der Waals surface area contributed by atoms with Crippen LogP contribution in [0, 0.1) is 0 Å². The average Bonchev–Trinajstić information content (AvgIpc) is 4.01. The molecule has 12 heteroatoms. The van der Waals surface area contributed by atoms with E-state index in [4.69, 9.17) is 14.7 Å². The number of esters is 1. The van der Waals surface area contributed by atoms with E-state index in [2.05, 4.69) is 184 Å². The van der Waals surface area contributed by atoms with E-state index in [9.17, 15) is 4.79 Å². The van der Waals surface area contributed by atoms with Crippen molar-refractivity contribution in [3.63, 3.8) is 0 Å². The number of methoxy groups -OCH3 is 1. The largest absolute Gasteiger partial charge is 0.465 e. The highest BCUT2D eigenvalue weighted by Gasteiger charge is 2.20. The quantitative estimate of drug-likeness (QED) is 0.168. The van der Waals surface area contributed by atoms with E-state index in [0.717, 1.165) is 116 Å². The number of aromatic amines is 2. The third-order valence-corrected chi connectivity index (χ3v) is 12.5. The van der Waals surface area contributed by atoms with Crippen LogP contribution in [0.2, 0.25) is 0 Å². The Morgan fingerprint density at radius 2 is 0.724 bits per heavy atom. The molecule has 0 unspecified atom stereocenters. The molecule has 0 radical (unpaired) electrons. The standard InChI is InChI=1S/C46H26Br6N4O2/c1-58-46(57)24-4-2-23(3-5-24)42-34-6-8-36(53-34)43(25-14-28(47)20-29(48)15-25)38-10-12-40(55-38)45(27-18-32(51)22-33(52)19-27)41-13-11-39(56-41)44(37-9-7-35(42)54-37)26-16-30(49)21-31(50)17-26/h2-22,53,56H,1H3. The highest BCUT2D eigenvalue weighted by Crippen LogP contribution is 2.41. The first-order chi connectivity index (χ1) is 28.0. The van der Waals surface area contributed by atoms with Gasteiger partial charge in [0.1, 0.15) is 0 Å². The molecule has 2 N–H and O–H groups in total. The van der Waals surface area contributed by atoms with Crippen molar-refractivity contribution in [2.45, 2.75) is 0 Å². The lowest BCUT2D eigenvalue weighted by Crippen LogP contribution is -2.00. The number of rotatable bonds is 5. The molecule has 0 saturated carbocycles. The molecule has 4 aromatic carbocycles. The number of carbonyl (C=O) groups excluding carboxylic acids is 1. The van der Waals surface area contributed by atoms with Gasteiger partial charge in [-0.25, -0.2) is 14.8 Å². The lowest BCUT2D eigenvalue weighted by molar-refractivity contribution is 0.0600. The summed E-state index contributed by atoms with van der Waals surface area (Å²) in [5, 5.41) is 0. The highest BCUT2D eigenvalue weighted by molar-refractivity contribution is 9.11. The van der Waals surface area contributed by atoms with E-state index >= 15 is 0 Å². The summed E-state index contributed by atoms with van der Waals surface area (Å²) in [6.45, 7) is 0. The van der Waals surface area contributed by atoms with Crippen molar-refractivity contribution < 1.29 is 9.53 Å². The number of fused-ring (bicyclic) bond motifs is 8. The minimum atomic E-state index is -0.399. The Balaban J connectivity index is 1.47. The highest BCUT2D eigenvalue weighted by atomic mass is 79.9. The van der Waals surface area contributed by atoms with Crippen LogP contribution in [0.3, 0.4) is 0 Å². The van der Waals surface area contributed by atoms with E-state index in [1.165, 1.54) is 7.11 Å². The molecule has 0 amide bonds. The molecule has 3 aromatic heterocycles. The Hall–Kier alpha value is -4.17. The second-order valence-electron chi connectivity index (χ2n) is 13.5. The maximum Gasteiger partial charge on any atom is 0.337 e. The summed E-state index contributed by atoms with van der Waals surface area (Å²) in [4.78, 5) is 30.8. The Labute approximate surface area is 383 Å². The third-order valence-electron chi connectivity index (χ3n) is 9.80. The molecule has 0 saturated heterocycles. The van der Waals surface area contributed by atoms with Crippen LogP contribution < -0.4 is 0 Å². The SMILES string of the molecule is COC(=O)c1ccc(-c2c3nc(c(-c4cc(Br)cc(Br)c4)c4ccc([nH]4)c(-c4cc(Br)cc(Br)c4)c4nc(c(-c5cc(Br)cc(Br)c5)c5ccc2[nH]5)C=C4)C=C3)cc1. The maximum absolute atomic E-state index is 12.5. The van der Waals surface area contributed by atoms with E-state index < -0.39 is 5.97 Å². The lowest BCUT2D eigenvalue weighted by Gasteiger charge is -2.09. The Morgan fingerprint density at radius 3 is 1.02 bits per heavy atom. The molecular formula is C46H26Br6N4O2. The van der Waals surface area contributed by atoms with Gasteiger partial charge in [0, 0.05) is 71.2 Å². The molecule has 2 aliphatic rings. The topological polar surface area (TPSA) is 83.7 Å². The molecule has 0 fully saturated rings. The summed E-state index contributed by atoms with van der Waals surface area (Å²) >= 11 is 22.4. The van der Waals surface area contributed by atoms with Crippen molar-refractivity contribution in [1.29, 1.82) is 0 Å². The number of halogens is 6. The van der Waals surface area contributed by atoms with E-state index in [-0.39, 0.29) is 0 Å². The van der Waals surface area contributed by atoms with Gasteiger partial charge in [-0.3, -0.25) is 0 Å². The van der Waals surface area contributed by atoms with Crippen molar-refractivity contribution in [2.24, 2.45) is 0 Å². The predicted molar refractivity (Wildman–Crippen MR) is 258 cm³/mol. The molecule has 0 atom stereocenters. The van der Waals surface area contributed by atoms with Crippen LogP contribution in [0.15, 0.2) is 130 Å². The number of benzene rings is 4. The molecule has 58 heavy (non-hydrogen) atoms. The van der Waals surface area contributed by atoms with E-state index in [1.807, 2.05) is 36.4 Å². The number of ether oxygens (including phenoxy) is 1. The van der Waals surface area contributed by atoms with E-state index in [0.29, 0.717) is 5.56 Å². The Morgan fingerprint density at radius 1 is 0.431 bits per heavy atom. The van der Waals surface area contributed by atoms with Gasteiger partial charge in [-0.2, -0.15) is 0 Å². The first-order valence-corrected chi connectivity index (χ1v) is 22.5. The van der Waals surface area contributed by atoms with Gasteiger partial charge in [-0.15, -0.1) is 0 Å². The van der Waals surface area contributed by atoms with Crippen molar-refractivity contribution in [2.75, 3.05) is 7.11 Å². The molecule has 7 aromatic rings. The molecule has 2 aliphatic heterocycles. The second kappa shape index (κ2) is 16.1. The predicted octanol–water partition coefficient (Wildman–Crippen LogP) is 15.7. The fraction of sp³-hybridized carbons (Fsp3) is 0.0217. The minimum Gasteiger partial charge on any atom is -0.465 e. The van der Waals surface area contributed by atoms with Crippen LogP contribution in [0.5, 0.6) is 0 Å². The number of aromatic nitrogens is 4. The van der Waals surface area contributed by atoms with Gasteiger partial charge in [0.25, 0.3) is 0 Å². The van der Waals surface area contributed by atoms with Crippen LogP contribution in [0.25, 0.3) is 90.9 Å². The number of nitrogens with zero attached hydrogens (tertiary/aromatic N) is 2. The minimum absolute atomic E-state index is 0.399. The smallest absolute Gasteiger partial charge is 0.337 e. The van der Waals surface area contributed by atoms with Gasteiger partial charge in [0.15, 0.2) is 0 Å². The van der Waals surface area contributed by atoms with Crippen molar-refractivity contribution in [3.05, 3.63) is 158 Å². The van der Waals surface area contributed by atoms with Gasteiger partial charge in [-0.1, -0.05) is 108 Å². The zero-order chi connectivity index (χ0) is 40.2. The summed E-state index contributed by atoms with van der Waals surface area (Å²) < 4.78 is 10.6. The first kappa shape index (κ1) is 39.3. The Bertz CT molecular complexity index is 2980. The van der Waals surface area contributed by atoms with E-state index in [1.54, 1.807) is 12.1 Å². The lowest BCUT2D eigenvalue weighted by atomic mass is 10.0. The molecule has 0 spiro atoms. The zero-order valence-corrected chi connectivity index (χ0v) is 39.6. The van der Waals surface area contributed by atoms with Gasteiger partial charge in [0.2, 0.25) is 0 Å². The number of carbonyl (C=O) groups is 1. The second-order valence-corrected chi connectivity index (χ2v) is 19.0. The van der Waals surface area contributed by atoms with Crippen LogP contribution in [0.4, 0.5) is 0 Å². The number of hydrogen-bond donors (Lipinski definition) is 2. The average molecular weight is 1150 g/mol.